The highest BCUT2D eigenvalue weighted by atomic mass is 16.4. The maximum absolute atomic E-state index is 13.8. The second kappa shape index (κ2) is 13.7. The van der Waals surface area contributed by atoms with E-state index in [2.05, 4.69) is 25.9 Å². The van der Waals surface area contributed by atoms with Gasteiger partial charge in [0.1, 0.15) is 18.1 Å². The van der Waals surface area contributed by atoms with Crippen LogP contribution in [0.2, 0.25) is 0 Å². The van der Waals surface area contributed by atoms with Crippen LogP contribution < -0.4 is 21.7 Å². The number of aliphatic carboxylic acids is 1. The van der Waals surface area contributed by atoms with E-state index in [0.717, 1.165) is 38.5 Å². The number of para-hydroxylation sites is 2. The van der Waals surface area contributed by atoms with Crippen molar-refractivity contribution in [1.82, 2.24) is 25.9 Å². The summed E-state index contributed by atoms with van der Waals surface area (Å²) in [6.45, 7) is -0.323. The van der Waals surface area contributed by atoms with Crippen LogP contribution in [0.1, 0.15) is 16.7 Å². The molecular weight excluding hydrogens is 560 g/mol. The predicted molar refractivity (Wildman–Crippen MR) is 167 cm³/mol. The van der Waals surface area contributed by atoms with Crippen LogP contribution in [0, 0.1) is 0 Å². The molecule has 226 valence electrons. The number of H-pyrrole nitrogens is 2. The van der Waals surface area contributed by atoms with Crippen LogP contribution in [0.15, 0.2) is 91.3 Å². The monoisotopic (exact) mass is 594 g/mol. The molecule has 5 aromatic rings. The van der Waals surface area contributed by atoms with Gasteiger partial charge in [0.15, 0.2) is 0 Å². The van der Waals surface area contributed by atoms with E-state index in [1.165, 1.54) is 0 Å². The molecule has 0 aliphatic heterocycles. The Labute approximate surface area is 253 Å². The summed E-state index contributed by atoms with van der Waals surface area (Å²) >= 11 is 0. The average molecular weight is 595 g/mol. The number of rotatable bonds is 13. The van der Waals surface area contributed by atoms with Crippen LogP contribution in [-0.2, 0) is 38.4 Å². The Hall–Kier alpha value is -5.42. The maximum Gasteiger partial charge on any atom is 0.326 e. The van der Waals surface area contributed by atoms with Crippen molar-refractivity contribution in [3.05, 3.63) is 108 Å². The number of carboxylic acid groups (broad SMARTS) is 1. The number of aromatic amines is 2. The van der Waals surface area contributed by atoms with Crippen molar-refractivity contribution in [3.63, 3.8) is 0 Å². The molecule has 3 atom stereocenters. The van der Waals surface area contributed by atoms with Gasteiger partial charge in [0.2, 0.25) is 17.7 Å². The van der Waals surface area contributed by atoms with E-state index < -0.39 is 41.8 Å². The van der Waals surface area contributed by atoms with Crippen LogP contribution >= 0.6 is 0 Å². The summed E-state index contributed by atoms with van der Waals surface area (Å²) in [5, 5.41) is 19.8. The number of aromatic nitrogens is 2. The molecule has 0 aliphatic carbocycles. The van der Waals surface area contributed by atoms with Gasteiger partial charge in [0.25, 0.3) is 0 Å². The average Bonchev–Trinajstić information content (AvgIpc) is 3.64. The van der Waals surface area contributed by atoms with Crippen molar-refractivity contribution in [1.29, 1.82) is 0 Å². The SMILES string of the molecule is NCC(=O)NC(Cc1c[nH]c2ccccc12)C(=O)NC(Cc1c[nH]c2ccccc12)C(=O)NC(Cc1ccccc1)C(=O)O. The summed E-state index contributed by atoms with van der Waals surface area (Å²) in [5.74, 6) is -3.00. The molecule has 5 rings (SSSR count). The van der Waals surface area contributed by atoms with Crippen molar-refractivity contribution >= 4 is 45.5 Å². The van der Waals surface area contributed by atoms with Gasteiger partial charge in [-0.25, -0.2) is 4.79 Å². The maximum atomic E-state index is 13.8. The lowest BCUT2D eigenvalue weighted by molar-refractivity contribution is -0.142. The lowest BCUT2D eigenvalue weighted by Crippen LogP contribution is -2.57. The van der Waals surface area contributed by atoms with Crippen molar-refractivity contribution in [2.75, 3.05) is 6.54 Å². The van der Waals surface area contributed by atoms with E-state index in [9.17, 15) is 24.3 Å². The first-order valence-electron chi connectivity index (χ1n) is 14.3. The van der Waals surface area contributed by atoms with Gasteiger partial charge in [0.05, 0.1) is 6.54 Å². The molecule has 0 aliphatic rings. The molecule has 0 saturated carbocycles. The molecule has 2 aromatic heterocycles. The molecule has 0 radical (unpaired) electrons. The highest BCUT2D eigenvalue weighted by molar-refractivity contribution is 5.95. The number of fused-ring (bicyclic) bond motifs is 2. The second-order valence-corrected chi connectivity index (χ2v) is 10.6. The van der Waals surface area contributed by atoms with Gasteiger partial charge in [-0.1, -0.05) is 66.7 Å². The normalized spacial score (nSPS) is 13.2. The van der Waals surface area contributed by atoms with Crippen molar-refractivity contribution in [2.24, 2.45) is 5.73 Å². The van der Waals surface area contributed by atoms with Gasteiger partial charge in [-0.05, 0) is 28.8 Å². The molecule has 44 heavy (non-hydrogen) atoms. The van der Waals surface area contributed by atoms with Crippen LogP contribution in [0.25, 0.3) is 21.8 Å². The number of amides is 3. The van der Waals surface area contributed by atoms with Gasteiger partial charge >= 0.3 is 5.97 Å². The van der Waals surface area contributed by atoms with Crippen LogP contribution in [0.5, 0.6) is 0 Å². The molecule has 2 heterocycles. The summed E-state index contributed by atoms with van der Waals surface area (Å²) in [6, 6.07) is 20.6. The highest BCUT2D eigenvalue weighted by Crippen LogP contribution is 2.21. The molecule has 0 bridgehead atoms. The quantitative estimate of drug-likeness (QED) is 0.110. The van der Waals surface area contributed by atoms with Gasteiger partial charge < -0.3 is 36.8 Å². The Balaban J connectivity index is 1.41. The minimum Gasteiger partial charge on any atom is -0.480 e. The van der Waals surface area contributed by atoms with Gasteiger partial charge in [-0.2, -0.15) is 0 Å². The number of carboxylic acids is 1. The van der Waals surface area contributed by atoms with E-state index in [4.69, 9.17) is 5.73 Å². The number of benzene rings is 3. The predicted octanol–water partition coefficient (Wildman–Crippen LogP) is 2.17. The minimum atomic E-state index is -1.23. The number of hydrogen-bond acceptors (Lipinski definition) is 5. The van der Waals surface area contributed by atoms with Gasteiger partial charge in [-0.3, -0.25) is 14.4 Å². The fraction of sp³-hybridized carbons (Fsp3) is 0.212. The van der Waals surface area contributed by atoms with E-state index in [1.807, 2.05) is 54.6 Å². The second-order valence-electron chi connectivity index (χ2n) is 10.6. The van der Waals surface area contributed by atoms with Crippen LogP contribution in [-0.4, -0.2) is 63.4 Å². The van der Waals surface area contributed by atoms with E-state index in [-0.39, 0.29) is 25.8 Å². The third kappa shape index (κ3) is 7.13. The molecular formula is C33H34N6O5. The van der Waals surface area contributed by atoms with Crippen LogP contribution in [0.4, 0.5) is 0 Å². The molecule has 11 heteroatoms. The van der Waals surface area contributed by atoms with Crippen LogP contribution in [0.3, 0.4) is 0 Å². The topological polar surface area (TPSA) is 182 Å². The highest BCUT2D eigenvalue weighted by Gasteiger charge is 2.31. The first-order chi connectivity index (χ1) is 21.3. The Kier molecular flexibility index (Phi) is 9.36. The minimum absolute atomic E-state index is 0.0609. The third-order valence-corrected chi connectivity index (χ3v) is 7.57. The van der Waals surface area contributed by atoms with E-state index >= 15 is 0 Å². The van der Waals surface area contributed by atoms with E-state index in [0.29, 0.717) is 0 Å². The lowest BCUT2D eigenvalue weighted by Gasteiger charge is -2.24. The van der Waals surface area contributed by atoms with Gasteiger partial charge in [0, 0.05) is 53.5 Å². The number of carbonyl (C=O) groups excluding carboxylic acids is 3. The standard InChI is InChI=1S/C33H34N6O5/c34-17-30(40)37-27(15-21-18-35-25-12-6-4-10-23(21)25)31(41)38-28(16-22-19-36-26-13-7-5-11-24(22)26)32(42)39-29(33(43)44)14-20-8-2-1-3-9-20/h1-13,18-19,27-29,35-36H,14-17,34H2,(H,37,40)(H,38,41)(H,39,42)(H,43,44). The summed E-state index contributed by atoms with van der Waals surface area (Å²) in [6.07, 6.45) is 3.80. The Morgan fingerprint density at radius 2 is 1.11 bits per heavy atom. The summed E-state index contributed by atoms with van der Waals surface area (Å²) in [4.78, 5) is 58.4. The zero-order valence-corrected chi connectivity index (χ0v) is 23.9. The molecule has 3 aromatic carbocycles. The summed E-state index contributed by atoms with van der Waals surface area (Å²) in [7, 11) is 0. The Morgan fingerprint density at radius 1 is 0.636 bits per heavy atom. The summed E-state index contributed by atoms with van der Waals surface area (Å²) < 4.78 is 0. The number of carbonyl (C=O) groups is 4. The largest absolute Gasteiger partial charge is 0.480 e. The van der Waals surface area contributed by atoms with Crippen molar-refractivity contribution in [2.45, 2.75) is 37.4 Å². The zero-order chi connectivity index (χ0) is 31.1. The number of nitrogens with two attached hydrogens (primary N) is 1. The molecule has 0 spiro atoms. The molecule has 0 saturated heterocycles. The number of hydrogen-bond donors (Lipinski definition) is 7. The zero-order valence-electron chi connectivity index (χ0n) is 23.9. The molecule has 8 N–H and O–H groups in total. The Morgan fingerprint density at radius 3 is 1.64 bits per heavy atom. The Bertz CT molecular complexity index is 1780. The smallest absolute Gasteiger partial charge is 0.326 e. The molecule has 0 fully saturated rings. The van der Waals surface area contributed by atoms with Crippen molar-refractivity contribution in [3.8, 4) is 0 Å². The van der Waals surface area contributed by atoms with E-state index in [1.54, 1.807) is 36.7 Å². The third-order valence-electron chi connectivity index (χ3n) is 7.57. The fourth-order valence-electron chi connectivity index (χ4n) is 5.31. The van der Waals surface area contributed by atoms with Crippen molar-refractivity contribution < 1.29 is 24.3 Å². The molecule has 11 nitrogen and oxygen atoms in total. The first-order valence-corrected chi connectivity index (χ1v) is 14.3. The fourth-order valence-corrected chi connectivity index (χ4v) is 5.31. The molecule has 3 unspecified atom stereocenters. The summed E-state index contributed by atoms with van der Waals surface area (Å²) in [5.41, 5.74) is 9.57. The molecule has 3 amide bonds. The number of nitrogens with one attached hydrogen (secondary N) is 5. The first kappa shape index (κ1) is 30.1. The van der Waals surface area contributed by atoms with Gasteiger partial charge in [-0.15, -0.1) is 0 Å². The lowest BCUT2D eigenvalue weighted by atomic mass is 10.0.